The minimum absolute atomic E-state index is 0.244. The van der Waals surface area contributed by atoms with Gasteiger partial charge >= 0.3 is 11.9 Å². The Hall–Kier alpha value is -3.86. The van der Waals surface area contributed by atoms with E-state index >= 15 is 0 Å². The number of nitrogens with zero attached hydrogens (tertiary/aromatic N) is 1. The van der Waals surface area contributed by atoms with E-state index in [4.69, 9.17) is 4.74 Å². The van der Waals surface area contributed by atoms with Gasteiger partial charge in [0.25, 0.3) is 0 Å². The minimum Gasteiger partial charge on any atom is -0.478 e. The van der Waals surface area contributed by atoms with Crippen LogP contribution in [0.4, 0.5) is 0 Å². The zero-order valence-corrected chi connectivity index (χ0v) is 17.3. The Bertz CT molecular complexity index is 1380. The number of carboxylic acid groups (broad SMARTS) is 1. The Morgan fingerprint density at radius 1 is 1.03 bits per heavy atom. The molecule has 5 nitrogen and oxygen atoms in total. The van der Waals surface area contributed by atoms with Gasteiger partial charge in [-0.1, -0.05) is 30.3 Å². The van der Waals surface area contributed by atoms with Gasteiger partial charge in [0.2, 0.25) is 0 Å². The first-order chi connectivity index (χ1) is 15.0. The Labute approximate surface area is 179 Å². The number of carboxylic acids is 1. The summed E-state index contributed by atoms with van der Waals surface area (Å²) in [6, 6.07) is 19.3. The van der Waals surface area contributed by atoms with Gasteiger partial charge in [0.15, 0.2) is 0 Å². The fourth-order valence-corrected chi connectivity index (χ4v) is 4.57. The van der Waals surface area contributed by atoms with Crippen molar-refractivity contribution in [1.29, 1.82) is 0 Å². The highest BCUT2D eigenvalue weighted by atomic mass is 16.5. The standard InChI is InChI=1S/C26H21NO4/c1-3-31-26(30)20-10-8-16-12-22(20)24-15(2)21-13-17(25(28)29)9-11-23(21)27(24)14-18-6-4-5-7-19(16)18/h4-13H,3,14H2,1-2H3,(H,28,29). The van der Waals surface area contributed by atoms with Crippen molar-refractivity contribution in [3.8, 4) is 22.4 Å². The third-order valence-electron chi connectivity index (χ3n) is 5.99. The van der Waals surface area contributed by atoms with Crippen LogP contribution in [0, 0.1) is 6.92 Å². The Morgan fingerprint density at radius 3 is 2.61 bits per heavy atom. The first kappa shape index (κ1) is 19.1. The predicted octanol–water partition coefficient (Wildman–Crippen LogP) is 5.52. The van der Waals surface area contributed by atoms with E-state index in [2.05, 4.69) is 16.7 Å². The molecule has 5 heteroatoms. The van der Waals surface area contributed by atoms with Gasteiger partial charge < -0.3 is 14.4 Å². The van der Waals surface area contributed by atoms with Crippen LogP contribution in [-0.4, -0.2) is 28.2 Å². The number of carbonyl (C=O) groups is 2. The lowest BCUT2D eigenvalue weighted by molar-refractivity contribution is 0.0526. The molecule has 0 aliphatic carbocycles. The molecule has 1 aliphatic rings. The van der Waals surface area contributed by atoms with Gasteiger partial charge in [0.05, 0.1) is 23.4 Å². The predicted molar refractivity (Wildman–Crippen MR) is 120 cm³/mol. The molecule has 0 unspecified atom stereocenters. The number of aromatic carboxylic acids is 1. The third kappa shape index (κ3) is 2.93. The largest absolute Gasteiger partial charge is 0.478 e. The number of aromatic nitrogens is 1. The summed E-state index contributed by atoms with van der Waals surface area (Å²) < 4.78 is 7.51. The molecule has 0 saturated carbocycles. The summed E-state index contributed by atoms with van der Waals surface area (Å²) in [5, 5.41) is 10.3. The van der Waals surface area contributed by atoms with Gasteiger partial charge in [-0.2, -0.15) is 0 Å². The van der Waals surface area contributed by atoms with E-state index in [-0.39, 0.29) is 11.5 Å². The normalized spacial score (nSPS) is 11.9. The molecular formula is C26H21NO4. The molecule has 31 heavy (non-hydrogen) atoms. The summed E-state index contributed by atoms with van der Waals surface area (Å²) in [5.41, 5.74) is 7.68. The van der Waals surface area contributed by atoms with Crippen molar-refractivity contribution in [1.82, 2.24) is 4.57 Å². The van der Waals surface area contributed by atoms with E-state index < -0.39 is 5.97 Å². The number of fused-ring (bicyclic) bond motifs is 8. The van der Waals surface area contributed by atoms with Crippen molar-refractivity contribution < 1.29 is 19.4 Å². The van der Waals surface area contributed by atoms with E-state index in [1.807, 2.05) is 43.3 Å². The number of hydrogen-bond donors (Lipinski definition) is 1. The topological polar surface area (TPSA) is 68.5 Å². The number of hydrogen-bond acceptors (Lipinski definition) is 3. The molecule has 0 radical (unpaired) electrons. The highest BCUT2D eigenvalue weighted by Crippen LogP contribution is 2.41. The maximum atomic E-state index is 12.8. The smallest absolute Gasteiger partial charge is 0.338 e. The zero-order chi connectivity index (χ0) is 21.7. The molecule has 5 rings (SSSR count). The Balaban J connectivity index is 1.89. The molecule has 1 aliphatic heterocycles. The van der Waals surface area contributed by atoms with Gasteiger partial charge in [-0.25, -0.2) is 9.59 Å². The fourth-order valence-electron chi connectivity index (χ4n) is 4.57. The maximum absolute atomic E-state index is 12.8. The van der Waals surface area contributed by atoms with Crippen LogP contribution in [0.3, 0.4) is 0 Å². The van der Waals surface area contributed by atoms with E-state index in [0.717, 1.165) is 44.4 Å². The molecule has 0 amide bonds. The van der Waals surface area contributed by atoms with Crippen LogP contribution in [0.25, 0.3) is 33.3 Å². The second-order valence-corrected chi connectivity index (χ2v) is 7.73. The molecule has 0 spiro atoms. The first-order valence-corrected chi connectivity index (χ1v) is 10.3. The molecule has 1 N–H and O–H groups in total. The quantitative estimate of drug-likeness (QED) is 0.397. The molecule has 0 fully saturated rings. The second-order valence-electron chi connectivity index (χ2n) is 7.73. The fraction of sp³-hybridized carbons (Fsp3) is 0.154. The molecule has 1 aromatic heterocycles. The molecule has 4 aromatic rings. The van der Waals surface area contributed by atoms with Crippen LogP contribution in [0.5, 0.6) is 0 Å². The molecule has 154 valence electrons. The maximum Gasteiger partial charge on any atom is 0.338 e. The van der Waals surface area contributed by atoms with Crippen LogP contribution in [0.1, 0.15) is 38.8 Å². The van der Waals surface area contributed by atoms with Crippen LogP contribution >= 0.6 is 0 Å². The lowest BCUT2D eigenvalue weighted by Gasteiger charge is -2.21. The van der Waals surface area contributed by atoms with Crippen LogP contribution < -0.4 is 0 Å². The Kier molecular flexibility index (Phi) is 4.40. The van der Waals surface area contributed by atoms with Crippen LogP contribution in [-0.2, 0) is 11.3 Å². The van der Waals surface area contributed by atoms with E-state index in [1.54, 1.807) is 19.1 Å². The number of ether oxygens (including phenoxy) is 1. The van der Waals surface area contributed by atoms with Crippen molar-refractivity contribution in [3.63, 3.8) is 0 Å². The summed E-state index contributed by atoms with van der Waals surface area (Å²) >= 11 is 0. The average Bonchev–Trinajstić information content (AvgIpc) is 3.03. The molecule has 3 aromatic carbocycles. The Morgan fingerprint density at radius 2 is 1.84 bits per heavy atom. The van der Waals surface area contributed by atoms with Crippen molar-refractivity contribution in [2.24, 2.45) is 0 Å². The highest BCUT2D eigenvalue weighted by molar-refractivity contribution is 6.03. The second kappa shape index (κ2) is 7.13. The number of aryl methyl sites for hydroxylation is 1. The SMILES string of the molecule is CCOC(=O)c1ccc2cc1-c1c(C)c3cc(C(=O)O)ccc3n1Cc1ccccc1-2. The molecule has 0 atom stereocenters. The van der Waals surface area contributed by atoms with Gasteiger partial charge in [-0.15, -0.1) is 0 Å². The first-order valence-electron chi connectivity index (χ1n) is 10.3. The molecule has 2 heterocycles. The molecule has 0 saturated heterocycles. The van der Waals surface area contributed by atoms with Crippen molar-refractivity contribution in [2.75, 3.05) is 6.61 Å². The average molecular weight is 411 g/mol. The minimum atomic E-state index is -0.959. The van der Waals surface area contributed by atoms with E-state index in [0.29, 0.717) is 18.7 Å². The number of benzene rings is 3. The summed E-state index contributed by atoms with van der Waals surface area (Å²) in [6.45, 7) is 4.69. The van der Waals surface area contributed by atoms with Gasteiger partial charge in [0, 0.05) is 23.0 Å². The van der Waals surface area contributed by atoms with Gasteiger partial charge in [-0.05, 0) is 66.4 Å². The monoisotopic (exact) mass is 411 g/mol. The lowest BCUT2D eigenvalue weighted by Crippen LogP contribution is -2.11. The van der Waals surface area contributed by atoms with Gasteiger partial charge in [0.1, 0.15) is 0 Å². The van der Waals surface area contributed by atoms with E-state index in [9.17, 15) is 14.7 Å². The van der Waals surface area contributed by atoms with Crippen LogP contribution in [0.2, 0.25) is 0 Å². The lowest BCUT2D eigenvalue weighted by atomic mass is 9.91. The number of esters is 1. The van der Waals surface area contributed by atoms with Crippen molar-refractivity contribution in [3.05, 3.63) is 82.9 Å². The number of carbonyl (C=O) groups excluding carboxylic acids is 1. The highest BCUT2D eigenvalue weighted by Gasteiger charge is 2.25. The molecule has 2 bridgehead atoms. The zero-order valence-electron chi connectivity index (χ0n) is 17.3. The van der Waals surface area contributed by atoms with Crippen molar-refractivity contribution in [2.45, 2.75) is 20.4 Å². The van der Waals surface area contributed by atoms with Crippen LogP contribution in [0.15, 0.2) is 60.7 Å². The number of rotatable bonds is 3. The summed E-state index contributed by atoms with van der Waals surface area (Å²) in [6.07, 6.45) is 0. The summed E-state index contributed by atoms with van der Waals surface area (Å²) in [4.78, 5) is 24.3. The summed E-state index contributed by atoms with van der Waals surface area (Å²) in [5.74, 6) is -1.32. The van der Waals surface area contributed by atoms with Crippen molar-refractivity contribution >= 4 is 22.8 Å². The molecular weight excluding hydrogens is 390 g/mol. The summed E-state index contributed by atoms with van der Waals surface area (Å²) in [7, 11) is 0. The van der Waals surface area contributed by atoms with E-state index in [1.165, 1.54) is 0 Å². The van der Waals surface area contributed by atoms with Gasteiger partial charge in [-0.3, -0.25) is 0 Å². The third-order valence-corrected chi connectivity index (χ3v) is 5.99.